The van der Waals surface area contributed by atoms with Crippen LogP contribution in [0.3, 0.4) is 0 Å². The van der Waals surface area contributed by atoms with Crippen molar-refractivity contribution in [3.63, 3.8) is 0 Å². The van der Waals surface area contributed by atoms with Gasteiger partial charge in [-0.2, -0.15) is 0 Å². The van der Waals surface area contributed by atoms with E-state index in [1.807, 2.05) is 39.1 Å². The summed E-state index contributed by atoms with van der Waals surface area (Å²) in [7, 11) is 3.60. The smallest absolute Gasteiger partial charge is 0.125 e. The van der Waals surface area contributed by atoms with Gasteiger partial charge in [0.05, 0.1) is 13.2 Å². The second-order valence-electron chi connectivity index (χ2n) is 4.51. The minimum Gasteiger partial charge on any atom is -0.496 e. The zero-order chi connectivity index (χ0) is 14.0. The highest BCUT2D eigenvalue weighted by Crippen LogP contribution is 2.34. The first-order valence-corrected chi connectivity index (χ1v) is 6.93. The predicted octanol–water partition coefficient (Wildman–Crippen LogP) is 3.98. The highest BCUT2D eigenvalue weighted by molar-refractivity contribution is 9.10. The van der Waals surface area contributed by atoms with Crippen molar-refractivity contribution in [3.05, 3.63) is 51.4 Å². The van der Waals surface area contributed by atoms with Crippen molar-refractivity contribution in [2.75, 3.05) is 14.2 Å². The third-order valence-electron chi connectivity index (χ3n) is 3.16. The van der Waals surface area contributed by atoms with Crippen LogP contribution < -0.4 is 10.1 Å². The van der Waals surface area contributed by atoms with Gasteiger partial charge < -0.3 is 14.5 Å². The van der Waals surface area contributed by atoms with Crippen molar-refractivity contribution in [1.82, 2.24) is 5.32 Å². The van der Waals surface area contributed by atoms with Gasteiger partial charge in [-0.1, -0.05) is 15.9 Å². The van der Waals surface area contributed by atoms with Crippen molar-refractivity contribution in [1.29, 1.82) is 0 Å². The highest BCUT2D eigenvalue weighted by atomic mass is 79.9. The number of hydrogen-bond donors (Lipinski definition) is 1. The summed E-state index contributed by atoms with van der Waals surface area (Å²) in [4.78, 5) is 0. The summed E-state index contributed by atoms with van der Waals surface area (Å²) in [6.07, 6.45) is 0. The van der Waals surface area contributed by atoms with Crippen LogP contribution in [0, 0.1) is 13.8 Å². The van der Waals surface area contributed by atoms with E-state index < -0.39 is 0 Å². The Balaban J connectivity index is 2.51. The summed E-state index contributed by atoms with van der Waals surface area (Å²) in [5.74, 6) is 2.64. The molecule has 4 heteroatoms. The molecule has 19 heavy (non-hydrogen) atoms. The van der Waals surface area contributed by atoms with Crippen LogP contribution in [0.1, 0.15) is 28.7 Å². The van der Waals surface area contributed by atoms with Crippen molar-refractivity contribution < 1.29 is 9.15 Å². The fourth-order valence-electron chi connectivity index (χ4n) is 2.13. The minimum absolute atomic E-state index is 0.0273. The molecule has 1 unspecified atom stereocenters. The highest BCUT2D eigenvalue weighted by Gasteiger charge is 2.20. The molecule has 0 saturated carbocycles. The van der Waals surface area contributed by atoms with Crippen molar-refractivity contribution in [2.45, 2.75) is 19.9 Å². The number of rotatable bonds is 4. The quantitative estimate of drug-likeness (QED) is 0.924. The van der Waals surface area contributed by atoms with Crippen LogP contribution in [0.4, 0.5) is 0 Å². The molecular weight excluding hydrogens is 306 g/mol. The number of methoxy groups -OCH3 is 1. The molecule has 1 N–H and O–H groups in total. The lowest BCUT2D eigenvalue weighted by atomic mass is 10.0. The van der Waals surface area contributed by atoms with Crippen LogP contribution >= 0.6 is 15.9 Å². The average Bonchev–Trinajstić information content (AvgIpc) is 2.81. The summed E-state index contributed by atoms with van der Waals surface area (Å²) in [5.41, 5.74) is 2.20. The van der Waals surface area contributed by atoms with Crippen molar-refractivity contribution in [2.24, 2.45) is 0 Å². The molecular formula is C15H18BrNO2. The monoisotopic (exact) mass is 323 g/mol. The van der Waals surface area contributed by atoms with Gasteiger partial charge >= 0.3 is 0 Å². The van der Waals surface area contributed by atoms with Gasteiger partial charge in [-0.25, -0.2) is 0 Å². The third kappa shape index (κ3) is 2.85. The Morgan fingerprint density at radius 2 is 2.00 bits per heavy atom. The van der Waals surface area contributed by atoms with Gasteiger partial charge in [-0.05, 0) is 50.7 Å². The van der Waals surface area contributed by atoms with Crippen LogP contribution in [-0.2, 0) is 0 Å². The Labute approximate surface area is 122 Å². The maximum atomic E-state index is 5.73. The van der Waals surface area contributed by atoms with Crippen LogP contribution in [0.25, 0.3) is 0 Å². The molecule has 3 nitrogen and oxygen atoms in total. The summed E-state index contributed by atoms with van der Waals surface area (Å²) in [6.45, 7) is 3.99. The second-order valence-corrected chi connectivity index (χ2v) is 5.37. The van der Waals surface area contributed by atoms with Crippen LogP contribution in [0.15, 0.2) is 33.2 Å². The number of aryl methyl sites for hydroxylation is 2. The topological polar surface area (TPSA) is 34.4 Å². The van der Waals surface area contributed by atoms with Crippen LogP contribution in [0.5, 0.6) is 5.75 Å². The van der Waals surface area contributed by atoms with Gasteiger partial charge in [0.15, 0.2) is 0 Å². The Kier molecular flexibility index (Phi) is 4.32. The number of halogens is 1. The molecule has 1 atom stereocenters. The van der Waals surface area contributed by atoms with Gasteiger partial charge in [0.25, 0.3) is 0 Å². The van der Waals surface area contributed by atoms with E-state index in [-0.39, 0.29) is 6.04 Å². The first kappa shape index (κ1) is 14.2. The lowest BCUT2D eigenvalue weighted by Crippen LogP contribution is -2.18. The molecule has 0 aliphatic heterocycles. The normalized spacial score (nSPS) is 12.5. The van der Waals surface area contributed by atoms with E-state index >= 15 is 0 Å². The number of ether oxygens (including phenoxy) is 1. The first-order valence-electron chi connectivity index (χ1n) is 6.14. The molecule has 0 amide bonds. The van der Waals surface area contributed by atoms with Gasteiger partial charge in [-0.15, -0.1) is 0 Å². The molecule has 0 radical (unpaired) electrons. The second kappa shape index (κ2) is 5.80. The maximum Gasteiger partial charge on any atom is 0.125 e. The summed E-state index contributed by atoms with van der Waals surface area (Å²) in [5, 5.41) is 3.27. The summed E-state index contributed by atoms with van der Waals surface area (Å²) < 4.78 is 12.3. The van der Waals surface area contributed by atoms with Crippen molar-refractivity contribution in [3.8, 4) is 5.75 Å². The molecule has 102 valence electrons. The lowest BCUT2D eigenvalue weighted by Gasteiger charge is -2.19. The molecule has 0 bridgehead atoms. The van der Waals surface area contributed by atoms with E-state index in [1.54, 1.807) is 7.11 Å². The number of nitrogens with one attached hydrogen (secondary N) is 1. The molecule has 1 aromatic heterocycles. The van der Waals surface area contributed by atoms with E-state index in [9.17, 15) is 0 Å². The predicted molar refractivity (Wildman–Crippen MR) is 79.8 cm³/mol. The van der Waals surface area contributed by atoms with Gasteiger partial charge in [0.1, 0.15) is 17.3 Å². The lowest BCUT2D eigenvalue weighted by molar-refractivity contribution is 0.393. The van der Waals surface area contributed by atoms with Crippen molar-refractivity contribution >= 4 is 15.9 Å². The van der Waals surface area contributed by atoms with E-state index in [2.05, 4.69) is 27.3 Å². The van der Waals surface area contributed by atoms with E-state index in [0.29, 0.717) is 0 Å². The van der Waals surface area contributed by atoms with E-state index in [4.69, 9.17) is 9.15 Å². The van der Waals surface area contributed by atoms with Gasteiger partial charge in [-0.3, -0.25) is 0 Å². The largest absolute Gasteiger partial charge is 0.496 e. The molecule has 2 rings (SSSR count). The molecule has 2 aromatic rings. The zero-order valence-electron chi connectivity index (χ0n) is 11.6. The molecule has 0 saturated heterocycles. The summed E-state index contributed by atoms with van der Waals surface area (Å²) >= 11 is 3.57. The molecule has 0 spiro atoms. The Hall–Kier alpha value is -1.26. The SMILES string of the molecule is CNC(c1ccc(C)o1)c1cc(Br)c(C)cc1OC. The first-order chi connectivity index (χ1) is 9.06. The number of benzene rings is 1. The minimum atomic E-state index is -0.0273. The fraction of sp³-hybridized carbons (Fsp3) is 0.333. The average molecular weight is 324 g/mol. The fourth-order valence-corrected chi connectivity index (χ4v) is 2.49. The molecule has 0 aliphatic rings. The molecule has 1 heterocycles. The maximum absolute atomic E-state index is 5.73. The van der Waals surface area contributed by atoms with Gasteiger partial charge in [0, 0.05) is 10.0 Å². The Morgan fingerprint density at radius 1 is 1.26 bits per heavy atom. The van der Waals surface area contributed by atoms with Gasteiger partial charge in [0.2, 0.25) is 0 Å². The number of hydrogen-bond acceptors (Lipinski definition) is 3. The van der Waals surface area contributed by atoms with Crippen LogP contribution in [-0.4, -0.2) is 14.2 Å². The third-order valence-corrected chi connectivity index (χ3v) is 4.01. The molecule has 1 aromatic carbocycles. The Morgan fingerprint density at radius 3 is 2.53 bits per heavy atom. The zero-order valence-corrected chi connectivity index (χ0v) is 13.2. The number of furan rings is 1. The summed E-state index contributed by atoms with van der Waals surface area (Å²) in [6, 6.07) is 8.03. The molecule has 0 aliphatic carbocycles. The van der Waals surface area contributed by atoms with E-state index in [1.165, 1.54) is 0 Å². The standard InChI is InChI=1S/C15H18BrNO2/c1-9-7-14(18-4)11(8-12(9)16)15(17-3)13-6-5-10(2)19-13/h5-8,15,17H,1-4H3. The van der Waals surface area contributed by atoms with E-state index in [0.717, 1.165) is 32.9 Å². The molecule has 0 fully saturated rings. The Bertz CT molecular complexity index is 578. The van der Waals surface area contributed by atoms with Crippen LogP contribution in [0.2, 0.25) is 0 Å².